The van der Waals surface area contributed by atoms with Crippen LogP contribution in [0.15, 0.2) is 22.9 Å². The van der Waals surface area contributed by atoms with Crippen LogP contribution in [-0.4, -0.2) is 27.0 Å². The van der Waals surface area contributed by atoms with Crippen molar-refractivity contribution in [3.05, 3.63) is 33.5 Å². The lowest BCUT2D eigenvalue weighted by atomic mass is 10.1. The van der Waals surface area contributed by atoms with E-state index < -0.39 is 8.32 Å². The zero-order chi connectivity index (χ0) is 16.5. The van der Waals surface area contributed by atoms with Gasteiger partial charge in [-0.15, -0.1) is 6.58 Å². The van der Waals surface area contributed by atoms with Crippen molar-refractivity contribution < 1.29 is 4.43 Å². The minimum atomic E-state index is -1.97. The molecule has 0 unspecified atom stereocenters. The van der Waals surface area contributed by atoms with Crippen molar-refractivity contribution in [1.29, 1.82) is 0 Å². The van der Waals surface area contributed by atoms with Crippen LogP contribution in [0.5, 0.6) is 0 Å². The summed E-state index contributed by atoms with van der Waals surface area (Å²) in [6, 6.07) is -0.226. The largest absolute Gasteiger partial charge is 0.414 e. The van der Waals surface area contributed by atoms with Gasteiger partial charge >= 0.3 is 0 Å². The van der Waals surface area contributed by atoms with Gasteiger partial charge in [0.15, 0.2) is 8.32 Å². The Morgan fingerprint density at radius 1 is 1.29 bits per heavy atom. The first kappa shape index (κ1) is 19.5. The van der Waals surface area contributed by atoms with E-state index in [0.29, 0.717) is 12.8 Å². The highest BCUT2D eigenvalue weighted by Gasteiger charge is 2.39. The van der Waals surface area contributed by atoms with Gasteiger partial charge in [-0.25, -0.2) is 0 Å². The highest BCUT2D eigenvalue weighted by Crippen LogP contribution is 2.37. The van der Waals surface area contributed by atoms with Crippen molar-refractivity contribution in [1.82, 2.24) is 0 Å². The normalized spacial score (nSPS) is 14.5. The van der Waals surface area contributed by atoms with Crippen LogP contribution >= 0.6 is 0 Å². The van der Waals surface area contributed by atoms with Crippen molar-refractivity contribution in [2.75, 3.05) is 6.54 Å². The average molecular weight is 310 g/mol. The van der Waals surface area contributed by atoms with Crippen LogP contribution in [0.3, 0.4) is 0 Å². The Bertz CT molecular complexity index is 432. The van der Waals surface area contributed by atoms with E-state index in [1.165, 1.54) is 0 Å². The molecule has 8 heteroatoms. The van der Waals surface area contributed by atoms with Crippen LogP contribution in [0.1, 0.15) is 33.6 Å². The first-order valence-corrected chi connectivity index (χ1v) is 9.92. The van der Waals surface area contributed by atoms with Gasteiger partial charge in [-0.1, -0.05) is 37.1 Å². The highest BCUT2D eigenvalue weighted by atomic mass is 28.4. The second-order valence-corrected chi connectivity index (χ2v) is 11.3. The van der Waals surface area contributed by atoms with Gasteiger partial charge in [0.25, 0.3) is 0 Å². The molecule has 0 rings (SSSR count). The van der Waals surface area contributed by atoms with Crippen molar-refractivity contribution in [2.45, 2.75) is 63.9 Å². The van der Waals surface area contributed by atoms with Crippen LogP contribution in [0, 0.1) is 0 Å². The Kier molecular flexibility index (Phi) is 8.13. The predicted octanol–water partition coefficient (Wildman–Crippen LogP) is 5.33. The summed E-state index contributed by atoms with van der Waals surface area (Å²) < 4.78 is 6.28. The van der Waals surface area contributed by atoms with E-state index in [9.17, 15) is 0 Å². The molecule has 0 fully saturated rings. The molecule has 0 radical (unpaired) electrons. The Labute approximate surface area is 127 Å². The lowest BCUT2D eigenvalue weighted by Gasteiger charge is -2.39. The fraction of sp³-hybridized carbons (Fsp3) is 0.846. The number of nitrogens with zero attached hydrogens (tertiary/aromatic N) is 6. The van der Waals surface area contributed by atoms with E-state index in [2.05, 4.69) is 60.5 Å². The molecule has 0 aliphatic carbocycles. The average Bonchev–Trinajstić information content (AvgIpc) is 2.34. The van der Waals surface area contributed by atoms with Crippen molar-refractivity contribution in [2.24, 2.45) is 10.2 Å². The highest BCUT2D eigenvalue weighted by molar-refractivity contribution is 6.74. The molecule has 0 saturated carbocycles. The van der Waals surface area contributed by atoms with Crippen LogP contribution in [-0.2, 0) is 4.43 Å². The van der Waals surface area contributed by atoms with Crippen LogP contribution < -0.4 is 0 Å². The molecule has 21 heavy (non-hydrogen) atoms. The van der Waals surface area contributed by atoms with E-state index in [1.807, 2.05) is 0 Å². The second-order valence-electron chi connectivity index (χ2n) is 6.53. The van der Waals surface area contributed by atoms with Gasteiger partial charge in [-0.3, -0.25) is 0 Å². The molecule has 0 aliphatic rings. The van der Waals surface area contributed by atoms with Gasteiger partial charge in [-0.05, 0) is 42.0 Å². The molecular formula is C13H26N6OSi. The van der Waals surface area contributed by atoms with Gasteiger partial charge in [-0.2, -0.15) is 0 Å². The maximum Gasteiger partial charge on any atom is 0.192 e. The van der Waals surface area contributed by atoms with Gasteiger partial charge in [0, 0.05) is 15.9 Å². The Morgan fingerprint density at radius 3 is 2.33 bits per heavy atom. The van der Waals surface area contributed by atoms with E-state index >= 15 is 0 Å². The molecule has 118 valence electrons. The van der Waals surface area contributed by atoms with Crippen molar-refractivity contribution in [3.8, 4) is 0 Å². The van der Waals surface area contributed by atoms with Crippen LogP contribution in [0.25, 0.3) is 20.9 Å². The third-order valence-corrected chi connectivity index (χ3v) is 8.34. The predicted molar refractivity (Wildman–Crippen MR) is 88.4 cm³/mol. The van der Waals surface area contributed by atoms with Crippen LogP contribution in [0.2, 0.25) is 18.1 Å². The first-order chi connectivity index (χ1) is 9.67. The topological polar surface area (TPSA) is 107 Å². The maximum absolute atomic E-state index is 8.62. The molecule has 0 aromatic rings. The smallest absolute Gasteiger partial charge is 0.192 e. The van der Waals surface area contributed by atoms with Crippen molar-refractivity contribution >= 4 is 8.32 Å². The molecule has 0 spiro atoms. The number of hydrogen-bond donors (Lipinski definition) is 0. The van der Waals surface area contributed by atoms with Gasteiger partial charge in [0.1, 0.15) is 0 Å². The number of rotatable bonds is 9. The molecule has 2 atom stereocenters. The van der Waals surface area contributed by atoms with E-state index in [4.69, 9.17) is 15.5 Å². The summed E-state index contributed by atoms with van der Waals surface area (Å²) in [5.41, 5.74) is 17.2. The Balaban J connectivity index is 5.06. The molecule has 0 N–H and O–H groups in total. The van der Waals surface area contributed by atoms with Crippen molar-refractivity contribution in [3.63, 3.8) is 0 Å². The third kappa shape index (κ3) is 7.20. The van der Waals surface area contributed by atoms with E-state index in [0.717, 1.165) is 0 Å². The quantitative estimate of drug-likeness (QED) is 0.185. The molecule has 0 bridgehead atoms. The molecule has 0 heterocycles. The maximum atomic E-state index is 8.62. The summed E-state index contributed by atoms with van der Waals surface area (Å²) in [5.74, 6) is 0. The molecule has 0 saturated heterocycles. The first-order valence-electron chi connectivity index (χ1n) is 7.01. The fourth-order valence-corrected chi connectivity index (χ4v) is 3.00. The molecule has 0 aromatic carbocycles. The SMILES string of the molecule is C=CC[C@@H](C[C@H](CN=[N+]=[N-])O[Si](C)(C)C(C)(C)C)N=[N+]=[N-]. The summed E-state index contributed by atoms with van der Waals surface area (Å²) in [4.78, 5) is 5.67. The molecule has 0 aromatic heterocycles. The molecular weight excluding hydrogens is 284 g/mol. The second kappa shape index (κ2) is 8.74. The minimum absolute atomic E-state index is 0.0635. The van der Waals surface area contributed by atoms with Crippen LogP contribution in [0.4, 0.5) is 0 Å². The number of azide groups is 2. The summed E-state index contributed by atoms with van der Waals surface area (Å²) in [7, 11) is -1.97. The minimum Gasteiger partial charge on any atom is -0.414 e. The summed E-state index contributed by atoms with van der Waals surface area (Å²) in [6.45, 7) is 14.7. The molecule has 7 nitrogen and oxygen atoms in total. The monoisotopic (exact) mass is 310 g/mol. The fourth-order valence-electron chi connectivity index (χ4n) is 1.64. The lowest BCUT2D eigenvalue weighted by molar-refractivity contribution is 0.169. The summed E-state index contributed by atoms with van der Waals surface area (Å²) in [6.07, 6.45) is 2.59. The summed E-state index contributed by atoms with van der Waals surface area (Å²) >= 11 is 0. The van der Waals surface area contributed by atoms with Gasteiger partial charge in [0.2, 0.25) is 0 Å². The third-order valence-electron chi connectivity index (χ3n) is 3.80. The Morgan fingerprint density at radius 2 is 1.90 bits per heavy atom. The lowest BCUT2D eigenvalue weighted by Crippen LogP contribution is -2.45. The van der Waals surface area contributed by atoms with E-state index in [1.54, 1.807) is 6.08 Å². The van der Waals surface area contributed by atoms with Gasteiger partial charge in [0.05, 0.1) is 12.6 Å². The van der Waals surface area contributed by atoms with Gasteiger partial charge < -0.3 is 4.43 Å². The summed E-state index contributed by atoms with van der Waals surface area (Å²) in [5, 5.41) is 7.46. The number of hydrogen-bond acceptors (Lipinski definition) is 3. The standard InChI is InChI=1S/C13H26N6OSi/c1-7-8-11(17-19-15)9-12(10-16-18-14)20-21(5,6)13(2,3)4/h7,11-12H,1,8-10H2,2-6H3/t11-,12+/m0/s1. The zero-order valence-electron chi connectivity index (χ0n) is 13.7. The molecule has 0 aliphatic heterocycles. The zero-order valence-corrected chi connectivity index (χ0v) is 14.7. The van der Waals surface area contributed by atoms with E-state index in [-0.39, 0.29) is 23.7 Å². The molecule has 0 amide bonds. The Hall–Kier alpha value is -1.46.